The molecule has 1 saturated heterocycles. The van der Waals surface area contributed by atoms with Crippen LogP contribution < -0.4 is 5.32 Å². The van der Waals surface area contributed by atoms with Crippen molar-refractivity contribution in [3.05, 3.63) is 42.1 Å². The van der Waals surface area contributed by atoms with Gasteiger partial charge in [-0.3, -0.25) is 14.4 Å². The van der Waals surface area contributed by atoms with Crippen molar-refractivity contribution < 1.29 is 4.79 Å². The normalized spacial score (nSPS) is 15.7. The van der Waals surface area contributed by atoms with E-state index in [1.165, 1.54) is 11.1 Å². The summed E-state index contributed by atoms with van der Waals surface area (Å²) in [7, 11) is 1.96. The van der Waals surface area contributed by atoms with Crippen LogP contribution in [-0.4, -0.2) is 39.7 Å². The van der Waals surface area contributed by atoms with Gasteiger partial charge in [-0.2, -0.15) is 5.10 Å². The van der Waals surface area contributed by atoms with Crippen LogP contribution in [0.25, 0.3) is 11.3 Å². The molecule has 0 unspecified atom stereocenters. The largest absolute Gasteiger partial charge is 0.351 e. The Morgan fingerprint density at radius 1 is 1.33 bits per heavy atom. The van der Waals surface area contributed by atoms with Crippen LogP contribution >= 0.6 is 0 Å². The van der Waals surface area contributed by atoms with Gasteiger partial charge in [0, 0.05) is 45.4 Å². The fourth-order valence-corrected chi connectivity index (χ4v) is 2.86. The molecule has 5 nitrogen and oxygen atoms in total. The van der Waals surface area contributed by atoms with Crippen molar-refractivity contribution >= 4 is 5.91 Å². The topological polar surface area (TPSA) is 50.2 Å². The van der Waals surface area contributed by atoms with Crippen molar-refractivity contribution in [3.63, 3.8) is 0 Å². The highest BCUT2D eigenvalue weighted by Gasteiger charge is 2.27. The van der Waals surface area contributed by atoms with E-state index in [0.717, 1.165) is 25.3 Å². The molecule has 110 valence electrons. The maximum absolute atomic E-state index is 11.0. The molecule has 0 bridgehead atoms. The zero-order valence-corrected chi connectivity index (χ0v) is 12.4. The quantitative estimate of drug-likeness (QED) is 0.923. The summed E-state index contributed by atoms with van der Waals surface area (Å²) >= 11 is 0. The first-order chi connectivity index (χ1) is 10.1. The van der Waals surface area contributed by atoms with E-state index >= 15 is 0 Å². The summed E-state index contributed by atoms with van der Waals surface area (Å²) in [5.74, 6) is 0.0509. The second kappa shape index (κ2) is 5.69. The minimum atomic E-state index is 0.0509. The summed E-state index contributed by atoms with van der Waals surface area (Å²) in [5, 5.41) is 7.20. The SMILES string of the molecule is CC(=O)NC1CN(Cc2ccccc2-c2ccnn2C)C1. The van der Waals surface area contributed by atoms with Gasteiger partial charge in [-0.05, 0) is 11.6 Å². The van der Waals surface area contributed by atoms with Gasteiger partial charge in [0.15, 0.2) is 0 Å². The summed E-state index contributed by atoms with van der Waals surface area (Å²) < 4.78 is 1.90. The fraction of sp³-hybridized carbons (Fsp3) is 0.375. The smallest absolute Gasteiger partial charge is 0.217 e. The molecule has 1 N–H and O–H groups in total. The molecular weight excluding hydrogens is 264 g/mol. The van der Waals surface area contributed by atoms with Crippen molar-refractivity contribution in [2.75, 3.05) is 13.1 Å². The number of amides is 1. The van der Waals surface area contributed by atoms with E-state index in [1.54, 1.807) is 6.92 Å². The Balaban J connectivity index is 1.70. The molecule has 2 aromatic rings. The van der Waals surface area contributed by atoms with Crippen molar-refractivity contribution in [3.8, 4) is 11.3 Å². The van der Waals surface area contributed by atoms with Crippen molar-refractivity contribution in [2.45, 2.75) is 19.5 Å². The molecule has 0 saturated carbocycles. The molecule has 21 heavy (non-hydrogen) atoms. The fourth-order valence-electron chi connectivity index (χ4n) is 2.86. The average Bonchev–Trinajstić information content (AvgIpc) is 2.82. The van der Waals surface area contributed by atoms with E-state index in [4.69, 9.17) is 0 Å². The molecule has 0 aliphatic carbocycles. The molecule has 1 aromatic carbocycles. The summed E-state index contributed by atoms with van der Waals surface area (Å²) in [4.78, 5) is 13.4. The predicted molar refractivity (Wildman–Crippen MR) is 81.5 cm³/mol. The van der Waals surface area contributed by atoms with Gasteiger partial charge in [0.1, 0.15) is 0 Å². The number of nitrogens with zero attached hydrogens (tertiary/aromatic N) is 3. The zero-order chi connectivity index (χ0) is 14.8. The summed E-state index contributed by atoms with van der Waals surface area (Å²) in [6.07, 6.45) is 1.82. The van der Waals surface area contributed by atoms with E-state index in [0.29, 0.717) is 6.04 Å². The third-order valence-corrected chi connectivity index (χ3v) is 3.87. The minimum Gasteiger partial charge on any atom is -0.351 e. The van der Waals surface area contributed by atoms with Crippen LogP contribution in [-0.2, 0) is 18.4 Å². The van der Waals surface area contributed by atoms with Gasteiger partial charge in [0.2, 0.25) is 5.91 Å². The Morgan fingerprint density at radius 3 is 2.76 bits per heavy atom. The van der Waals surface area contributed by atoms with Crippen LogP contribution in [0.3, 0.4) is 0 Å². The van der Waals surface area contributed by atoms with Gasteiger partial charge in [-0.15, -0.1) is 0 Å². The first-order valence-electron chi connectivity index (χ1n) is 7.19. The number of nitrogens with one attached hydrogen (secondary N) is 1. The van der Waals surface area contributed by atoms with E-state index in [9.17, 15) is 4.79 Å². The lowest BCUT2D eigenvalue weighted by molar-refractivity contribution is -0.120. The minimum absolute atomic E-state index is 0.0509. The highest BCUT2D eigenvalue weighted by molar-refractivity contribution is 5.73. The lowest BCUT2D eigenvalue weighted by Gasteiger charge is -2.39. The molecule has 1 fully saturated rings. The molecule has 0 radical (unpaired) electrons. The van der Waals surface area contributed by atoms with Gasteiger partial charge in [0.05, 0.1) is 11.7 Å². The molecule has 1 aliphatic rings. The Bertz CT molecular complexity index is 643. The van der Waals surface area contributed by atoms with Crippen LogP contribution in [0, 0.1) is 0 Å². The number of hydrogen-bond acceptors (Lipinski definition) is 3. The summed E-state index contributed by atoms with van der Waals surface area (Å²) in [5.41, 5.74) is 3.65. The van der Waals surface area contributed by atoms with Gasteiger partial charge in [-0.1, -0.05) is 24.3 Å². The van der Waals surface area contributed by atoms with Crippen LogP contribution in [0.5, 0.6) is 0 Å². The highest BCUT2D eigenvalue weighted by atomic mass is 16.1. The second-order valence-electron chi connectivity index (χ2n) is 5.59. The lowest BCUT2D eigenvalue weighted by atomic mass is 10.0. The van der Waals surface area contributed by atoms with Crippen molar-refractivity contribution in [2.24, 2.45) is 7.05 Å². The standard InChI is InChI=1S/C16H20N4O/c1-12(21)18-14-10-20(11-14)9-13-5-3-4-6-15(13)16-7-8-17-19(16)2/h3-8,14H,9-11H2,1-2H3,(H,18,21). The van der Waals surface area contributed by atoms with E-state index < -0.39 is 0 Å². The monoisotopic (exact) mass is 284 g/mol. The van der Waals surface area contributed by atoms with Crippen LogP contribution in [0.4, 0.5) is 0 Å². The van der Waals surface area contributed by atoms with Gasteiger partial charge in [0.25, 0.3) is 0 Å². The predicted octanol–water partition coefficient (Wildman–Crippen LogP) is 1.41. The van der Waals surface area contributed by atoms with E-state index in [2.05, 4.69) is 39.6 Å². The average molecular weight is 284 g/mol. The number of aryl methyl sites for hydroxylation is 1. The van der Waals surface area contributed by atoms with E-state index in [1.807, 2.05) is 24.0 Å². The molecule has 1 aliphatic heterocycles. The number of aromatic nitrogens is 2. The second-order valence-corrected chi connectivity index (χ2v) is 5.59. The number of benzene rings is 1. The molecule has 0 spiro atoms. The van der Waals surface area contributed by atoms with Crippen LogP contribution in [0.15, 0.2) is 36.5 Å². The molecule has 5 heteroatoms. The maximum atomic E-state index is 11.0. The van der Waals surface area contributed by atoms with E-state index in [-0.39, 0.29) is 5.91 Å². The maximum Gasteiger partial charge on any atom is 0.217 e. The highest BCUT2D eigenvalue weighted by Crippen LogP contribution is 2.25. The molecular formula is C16H20N4O. The molecule has 0 atom stereocenters. The first kappa shape index (κ1) is 13.8. The summed E-state index contributed by atoms with van der Waals surface area (Å²) in [6.45, 7) is 4.30. The van der Waals surface area contributed by atoms with Gasteiger partial charge >= 0.3 is 0 Å². The van der Waals surface area contributed by atoms with Gasteiger partial charge in [-0.25, -0.2) is 0 Å². The zero-order valence-electron chi connectivity index (χ0n) is 12.4. The third-order valence-electron chi connectivity index (χ3n) is 3.87. The molecule has 1 amide bonds. The Kier molecular flexibility index (Phi) is 3.75. The first-order valence-corrected chi connectivity index (χ1v) is 7.19. The van der Waals surface area contributed by atoms with Crippen molar-refractivity contribution in [1.29, 1.82) is 0 Å². The lowest BCUT2D eigenvalue weighted by Crippen LogP contribution is -2.58. The Hall–Kier alpha value is -2.14. The Labute approximate surface area is 124 Å². The molecule has 2 heterocycles. The number of hydrogen-bond donors (Lipinski definition) is 1. The van der Waals surface area contributed by atoms with Crippen LogP contribution in [0.2, 0.25) is 0 Å². The van der Waals surface area contributed by atoms with Crippen molar-refractivity contribution in [1.82, 2.24) is 20.0 Å². The number of rotatable bonds is 4. The summed E-state index contributed by atoms with van der Waals surface area (Å²) in [6, 6.07) is 10.8. The molecule has 3 rings (SSSR count). The number of carbonyl (C=O) groups excluding carboxylic acids is 1. The number of likely N-dealkylation sites (tertiary alicyclic amines) is 1. The Morgan fingerprint density at radius 2 is 2.10 bits per heavy atom. The van der Waals surface area contributed by atoms with Crippen LogP contribution in [0.1, 0.15) is 12.5 Å². The number of carbonyl (C=O) groups is 1. The molecule has 1 aromatic heterocycles. The third kappa shape index (κ3) is 2.97. The van der Waals surface area contributed by atoms with Gasteiger partial charge < -0.3 is 5.32 Å².